The van der Waals surface area contributed by atoms with Crippen LogP contribution in [0, 0.1) is 0 Å². The van der Waals surface area contributed by atoms with Gasteiger partial charge in [-0.25, -0.2) is 4.79 Å². The van der Waals surface area contributed by atoms with Gasteiger partial charge in [-0.3, -0.25) is 15.1 Å². The number of likely N-dealkylation sites (tertiary alicyclic amines) is 1. The lowest BCUT2D eigenvalue weighted by molar-refractivity contribution is -0.134. The first-order chi connectivity index (χ1) is 13.6. The van der Waals surface area contributed by atoms with Gasteiger partial charge >= 0.3 is 6.09 Å². The van der Waals surface area contributed by atoms with Crippen LogP contribution in [-0.2, 0) is 20.5 Å². The number of carbonyl (C=O) groups is 2. The van der Waals surface area contributed by atoms with Crippen molar-refractivity contribution in [3.8, 4) is 5.75 Å². The predicted octanol–water partition coefficient (Wildman–Crippen LogP) is 2.81. The molecule has 0 radical (unpaired) electrons. The minimum absolute atomic E-state index is 0.111. The number of pyridine rings is 1. The summed E-state index contributed by atoms with van der Waals surface area (Å²) >= 11 is 0. The third kappa shape index (κ3) is 2.46. The molecule has 1 saturated carbocycles. The molecule has 7 heteroatoms. The van der Waals surface area contributed by atoms with Gasteiger partial charge in [0.25, 0.3) is 0 Å². The summed E-state index contributed by atoms with van der Waals surface area (Å²) in [7, 11) is 1.63. The van der Waals surface area contributed by atoms with Crippen molar-refractivity contribution in [1.82, 2.24) is 9.88 Å². The molecular formula is C21H21N3O4. The maximum Gasteiger partial charge on any atom is 0.412 e. The van der Waals surface area contributed by atoms with Gasteiger partial charge < -0.3 is 14.4 Å². The van der Waals surface area contributed by atoms with E-state index in [2.05, 4.69) is 10.3 Å². The number of aromatic nitrogens is 1. The number of amides is 2. The summed E-state index contributed by atoms with van der Waals surface area (Å²) in [5.74, 6) is 0.888. The Morgan fingerprint density at radius 2 is 2.00 bits per heavy atom. The van der Waals surface area contributed by atoms with Gasteiger partial charge in [0.15, 0.2) is 5.60 Å². The van der Waals surface area contributed by atoms with E-state index < -0.39 is 17.1 Å². The van der Waals surface area contributed by atoms with E-state index in [1.54, 1.807) is 19.5 Å². The number of fused-ring (bicyclic) bond motifs is 2. The Balaban J connectivity index is 1.42. The van der Waals surface area contributed by atoms with Crippen LogP contribution < -0.4 is 10.1 Å². The molecule has 2 aromatic rings. The van der Waals surface area contributed by atoms with E-state index in [9.17, 15) is 9.59 Å². The van der Waals surface area contributed by atoms with Crippen molar-refractivity contribution in [2.45, 2.75) is 30.3 Å². The smallest absolute Gasteiger partial charge is 0.412 e. The summed E-state index contributed by atoms with van der Waals surface area (Å²) in [6.07, 6.45) is 5.08. The molecule has 1 unspecified atom stereocenters. The van der Waals surface area contributed by atoms with Crippen LogP contribution >= 0.6 is 0 Å². The first-order valence-corrected chi connectivity index (χ1v) is 9.45. The zero-order valence-electron chi connectivity index (χ0n) is 15.6. The molecule has 1 aliphatic carbocycles. The number of carbonyl (C=O) groups excluding carboxylic acids is 2. The summed E-state index contributed by atoms with van der Waals surface area (Å²) < 4.78 is 10.9. The largest absolute Gasteiger partial charge is 0.497 e. The normalized spacial score (nSPS) is 24.3. The molecule has 28 heavy (non-hydrogen) atoms. The first-order valence-electron chi connectivity index (χ1n) is 9.45. The van der Waals surface area contributed by atoms with Gasteiger partial charge in [-0.1, -0.05) is 12.1 Å². The summed E-state index contributed by atoms with van der Waals surface area (Å²) in [5, 5.41) is 2.70. The predicted molar refractivity (Wildman–Crippen MR) is 101 cm³/mol. The first kappa shape index (κ1) is 17.0. The Labute approximate surface area is 162 Å². The van der Waals surface area contributed by atoms with E-state index in [4.69, 9.17) is 9.47 Å². The molecule has 1 aromatic carbocycles. The van der Waals surface area contributed by atoms with Gasteiger partial charge in [-0.15, -0.1) is 0 Å². The van der Waals surface area contributed by atoms with Crippen LogP contribution in [-0.4, -0.2) is 42.1 Å². The number of nitrogens with one attached hydrogen (secondary N) is 1. The summed E-state index contributed by atoms with van der Waals surface area (Å²) in [6, 6.07) is 9.60. The van der Waals surface area contributed by atoms with Gasteiger partial charge in [0, 0.05) is 24.7 Å². The van der Waals surface area contributed by atoms with Gasteiger partial charge in [-0.2, -0.15) is 0 Å². The molecule has 3 aliphatic rings. The number of ether oxygens (including phenoxy) is 2. The minimum atomic E-state index is -0.799. The molecule has 7 nitrogen and oxygen atoms in total. The zero-order chi connectivity index (χ0) is 19.4. The fourth-order valence-corrected chi connectivity index (χ4v) is 4.48. The second-order valence-corrected chi connectivity index (χ2v) is 7.72. The summed E-state index contributed by atoms with van der Waals surface area (Å²) in [6.45, 7) is 0.931. The van der Waals surface area contributed by atoms with Crippen molar-refractivity contribution in [3.05, 3.63) is 53.9 Å². The number of rotatable bonds is 3. The van der Waals surface area contributed by atoms with E-state index in [-0.39, 0.29) is 5.91 Å². The Morgan fingerprint density at radius 3 is 2.71 bits per heavy atom. The van der Waals surface area contributed by atoms with Crippen LogP contribution in [0.4, 0.5) is 10.5 Å². The highest BCUT2D eigenvalue weighted by Gasteiger charge is 2.57. The van der Waals surface area contributed by atoms with Crippen molar-refractivity contribution >= 4 is 17.7 Å². The fraction of sp³-hybridized carbons (Fsp3) is 0.381. The molecule has 144 valence electrons. The van der Waals surface area contributed by atoms with Crippen molar-refractivity contribution in [2.24, 2.45) is 0 Å². The second-order valence-electron chi connectivity index (χ2n) is 7.72. The fourth-order valence-electron chi connectivity index (χ4n) is 4.48. The topological polar surface area (TPSA) is 80.8 Å². The van der Waals surface area contributed by atoms with Crippen LogP contribution in [0.2, 0.25) is 0 Å². The molecule has 2 fully saturated rings. The molecule has 1 aromatic heterocycles. The minimum Gasteiger partial charge on any atom is -0.497 e. The third-order valence-electron chi connectivity index (χ3n) is 6.16. The number of nitrogens with zero attached hydrogens (tertiary/aromatic N) is 2. The highest BCUT2D eigenvalue weighted by Crippen LogP contribution is 2.52. The lowest BCUT2D eigenvalue weighted by Crippen LogP contribution is -2.44. The van der Waals surface area contributed by atoms with Gasteiger partial charge in [-0.05, 0) is 36.6 Å². The second kappa shape index (κ2) is 5.95. The Bertz CT molecular complexity index is 954. The number of methoxy groups -OCH3 is 1. The molecule has 2 amide bonds. The van der Waals surface area contributed by atoms with Crippen molar-refractivity contribution in [1.29, 1.82) is 0 Å². The highest BCUT2D eigenvalue weighted by atomic mass is 16.6. The quantitative estimate of drug-likeness (QED) is 0.887. The average Bonchev–Trinajstić information content (AvgIpc) is 3.43. The average molecular weight is 379 g/mol. The number of benzene rings is 1. The van der Waals surface area contributed by atoms with Gasteiger partial charge in [0.05, 0.1) is 31.0 Å². The summed E-state index contributed by atoms with van der Waals surface area (Å²) in [5.41, 5.74) is 1.30. The van der Waals surface area contributed by atoms with Crippen molar-refractivity contribution < 1.29 is 19.1 Å². The van der Waals surface area contributed by atoms with Crippen LogP contribution in [0.5, 0.6) is 5.75 Å². The Kier molecular flexibility index (Phi) is 3.62. The van der Waals surface area contributed by atoms with E-state index in [0.717, 1.165) is 29.7 Å². The Hall–Kier alpha value is -3.09. The zero-order valence-corrected chi connectivity index (χ0v) is 15.6. The van der Waals surface area contributed by atoms with Crippen molar-refractivity contribution in [3.63, 3.8) is 0 Å². The number of anilines is 1. The standard InChI is InChI=1S/C21H21N3O4/c1-27-15-4-2-14(3-5-15)20(7-8-20)18(25)24-11-9-21(13-24)16-6-10-22-12-17(16)23-19(26)28-21/h2-6,10,12H,7-9,11,13H2,1H3,(H,23,26). The maximum atomic E-state index is 13.4. The molecule has 0 bridgehead atoms. The highest BCUT2D eigenvalue weighted by molar-refractivity contribution is 5.92. The molecular weight excluding hydrogens is 358 g/mol. The lowest BCUT2D eigenvalue weighted by Gasteiger charge is -2.35. The lowest BCUT2D eigenvalue weighted by atomic mass is 9.90. The van der Waals surface area contributed by atoms with E-state index in [1.807, 2.05) is 35.2 Å². The SMILES string of the molecule is COc1ccc(C2(C(=O)N3CCC4(C3)OC(=O)Nc3cnccc34)CC2)cc1. The number of hydrogen-bond acceptors (Lipinski definition) is 5. The molecule has 2 aliphatic heterocycles. The molecule has 3 heterocycles. The number of hydrogen-bond donors (Lipinski definition) is 1. The summed E-state index contributed by atoms with van der Waals surface area (Å²) in [4.78, 5) is 31.4. The van der Waals surface area contributed by atoms with Crippen LogP contribution in [0.1, 0.15) is 30.4 Å². The Morgan fingerprint density at radius 1 is 1.21 bits per heavy atom. The van der Waals surface area contributed by atoms with E-state index >= 15 is 0 Å². The molecule has 1 saturated heterocycles. The van der Waals surface area contributed by atoms with Crippen molar-refractivity contribution in [2.75, 3.05) is 25.5 Å². The third-order valence-corrected chi connectivity index (χ3v) is 6.16. The van der Waals surface area contributed by atoms with Crippen LogP contribution in [0.3, 0.4) is 0 Å². The molecule has 1 atom stereocenters. The van der Waals surface area contributed by atoms with E-state index in [0.29, 0.717) is 25.2 Å². The molecule has 1 N–H and O–H groups in total. The van der Waals surface area contributed by atoms with Gasteiger partial charge in [0.2, 0.25) is 5.91 Å². The van der Waals surface area contributed by atoms with Gasteiger partial charge in [0.1, 0.15) is 5.75 Å². The van der Waals surface area contributed by atoms with E-state index in [1.165, 1.54) is 0 Å². The van der Waals surface area contributed by atoms with Crippen LogP contribution in [0.25, 0.3) is 0 Å². The maximum absolute atomic E-state index is 13.4. The molecule has 5 rings (SSSR count). The monoisotopic (exact) mass is 379 g/mol. The molecule has 1 spiro atoms. The van der Waals surface area contributed by atoms with Crippen LogP contribution in [0.15, 0.2) is 42.7 Å².